The summed E-state index contributed by atoms with van der Waals surface area (Å²) in [5.74, 6) is -2.84. The number of amides is 3. The van der Waals surface area contributed by atoms with E-state index in [9.17, 15) is 24.3 Å². The van der Waals surface area contributed by atoms with E-state index in [1.807, 2.05) is 0 Å². The number of nitrogens with two attached hydrogens (primary N) is 1. The standard InChI is InChI=1S/C17H30N4O5/c1-9(2)13(19-12(22)8-18)15(23)20-14(10(3)4)16(24)21-7-5-6-11(21)17(25)26/h9-11,13-14H,5-8,18H2,1-4H3,(H,19,22)(H,20,23)(H,25,26). The number of aliphatic carboxylic acids is 1. The number of nitrogens with zero attached hydrogens (tertiary/aromatic N) is 1. The maximum atomic E-state index is 12.8. The van der Waals surface area contributed by atoms with Crippen LogP contribution in [0.5, 0.6) is 0 Å². The summed E-state index contributed by atoms with van der Waals surface area (Å²) < 4.78 is 0. The number of likely N-dealkylation sites (tertiary alicyclic amines) is 1. The van der Waals surface area contributed by atoms with Gasteiger partial charge in [0.25, 0.3) is 0 Å². The number of carbonyl (C=O) groups is 4. The average molecular weight is 370 g/mol. The Morgan fingerprint density at radius 2 is 1.65 bits per heavy atom. The number of carboxylic acid groups (broad SMARTS) is 1. The number of nitrogens with one attached hydrogen (secondary N) is 2. The van der Waals surface area contributed by atoms with Crippen LogP contribution in [-0.4, -0.2) is 64.9 Å². The van der Waals surface area contributed by atoms with Crippen LogP contribution in [0.25, 0.3) is 0 Å². The molecule has 0 aromatic heterocycles. The summed E-state index contributed by atoms with van der Waals surface area (Å²) in [6.07, 6.45) is 1.02. The van der Waals surface area contributed by atoms with Crippen molar-refractivity contribution in [2.45, 2.75) is 58.7 Å². The minimum absolute atomic E-state index is 0.202. The lowest BCUT2D eigenvalue weighted by atomic mass is 9.99. The van der Waals surface area contributed by atoms with Crippen LogP contribution < -0.4 is 16.4 Å². The zero-order valence-corrected chi connectivity index (χ0v) is 15.8. The summed E-state index contributed by atoms with van der Waals surface area (Å²) in [4.78, 5) is 49.7. The molecule has 0 spiro atoms. The van der Waals surface area contributed by atoms with Crippen molar-refractivity contribution in [3.05, 3.63) is 0 Å². The molecular weight excluding hydrogens is 340 g/mol. The van der Waals surface area contributed by atoms with Gasteiger partial charge in [-0.05, 0) is 24.7 Å². The zero-order chi connectivity index (χ0) is 20.0. The van der Waals surface area contributed by atoms with E-state index in [4.69, 9.17) is 5.73 Å². The van der Waals surface area contributed by atoms with Gasteiger partial charge in [-0.2, -0.15) is 0 Å². The van der Waals surface area contributed by atoms with Gasteiger partial charge in [0.15, 0.2) is 0 Å². The Bertz CT molecular complexity index is 549. The highest BCUT2D eigenvalue weighted by Gasteiger charge is 2.39. The van der Waals surface area contributed by atoms with Crippen LogP contribution in [0.4, 0.5) is 0 Å². The molecule has 148 valence electrons. The van der Waals surface area contributed by atoms with Crippen molar-refractivity contribution in [1.29, 1.82) is 0 Å². The summed E-state index contributed by atoms with van der Waals surface area (Å²) in [6, 6.07) is -2.55. The number of rotatable bonds is 8. The van der Waals surface area contributed by atoms with Gasteiger partial charge in [-0.3, -0.25) is 14.4 Å². The van der Waals surface area contributed by atoms with Crippen molar-refractivity contribution in [1.82, 2.24) is 15.5 Å². The van der Waals surface area contributed by atoms with Crippen molar-refractivity contribution in [2.24, 2.45) is 17.6 Å². The third-order valence-corrected chi connectivity index (χ3v) is 4.50. The van der Waals surface area contributed by atoms with E-state index in [0.717, 1.165) is 0 Å². The maximum Gasteiger partial charge on any atom is 0.326 e. The fourth-order valence-electron chi connectivity index (χ4n) is 2.99. The largest absolute Gasteiger partial charge is 0.480 e. The monoisotopic (exact) mass is 370 g/mol. The Morgan fingerprint density at radius 1 is 1.08 bits per heavy atom. The smallest absolute Gasteiger partial charge is 0.326 e. The molecule has 1 rings (SSSR count). The maximum absolute atomic E-state index is 12.8. The van der Waals surface area contributed by atoms with Gasteiger partial charge in [-0.25, -0.2) is 4.79 Å². The topological polar surface area (TPSA) is 142 Å². The van der Waals surface area contributed by atoms with Crippen LogP contribution in [0.3, 0.4) is 0 Å². The van der Waals surface area contributed by atoms with Gasteiger partial charge in [0.1, 0.15) is 18.1 Å². The number of hydrogen-bond donors (Lipinski definition) is 4. The fourth-order valence-corrected chi connectivity index (χ4v) is 2.99. The molecule has 1 aliphatic heterocycles. The normalized spacial score (nSPS) is 19.3. The predicted octanol–water partition coefficient (Wildman–Crippen LogP) is -0.698. The average Bonchev–Trinajstić information content (AvgIpc) is 3.05. The Kier molecular flexibility index (Phi) is 8.01. The van der Waals surface area contributed by atoms with Gasteiger partial charge in [0.05, 0.1) is 6.54 Å². The second-order valence-corrected chi connectivity index (χ2v) is 7.25. The molecular formula is C17H30N4O5. The fraction of sp³-hybridized carbons (Fsp3) is 0.765. The lowest BCUT2D eigenvalue weighted by molar-refractivity contribution is -0.150. The molecule has 0 aliphatic carbocycles. The molecule has 0 radical (unpaired) electrons. The molecule has 1 saturated heterocycles. The number of carbonyl (C=O) groups excluding carboxylic acids is 3. The summed E-state index contributed by atoms with van der Waals surface area (Å²) in [5.41, 5.74) is 5.28. The number of hydrogen-bond acceptors (Lipinski definition) is 5. The second-order valence-electron chi connectivity index (χ2n) is 7.25. The van der Waals surface area contributed by atoms with E-state index >= 15 is 0 Å². The molecule has 26 heavy (non-hydrogen) atoms. The summed E-state index contributed by atoms with van der Waals surface area (Å²) >= 11 is 0. The highest BCUT2D eigenvalue weighted by molar-refractivity contribution is 5.94. The quantitative estimate of drug-likeness (QED) is 0.445. The third-order valence-electron chi connectivity index (χ3n) is 4.50. The molecule has 5 N–H and O–H groups in total. The summed E-state index contributed by atoms with van der Waals surface area (Å²) in [5, 5.41) is 14.5. The van der Waals surface area contributed by atoms with Crippen molar-refractivity contribution in [2.75, 3.05) is 13.1 Å². The van der Waals surface area contributed by atoms with Crippen LogP contribution in [-0.2, 0) is 19.2 Å². The Morgan fingerprint density at radius 3 is 2.12 bits per heavy atom. The van der Waals surface area contributed by atoms with Crippen molar-refractivity contribution >= 4 is 23.7 Å². The van der Waals surface area contributed by atoms with Gasteiger partial charge < -0.3 is 26.4 Å². The first-order chi connectivity index (χ1) is 12.1. The Balaban J connectivity index is 2.92. The van der Waals surface area contributed by atoms with E-state index in [2.05, 4.69) is 10.6 Å². The van der Waals surface area contributed by atoms with E-state index in [1.165, 1.54) is 4.90 Å². The van der Waals surface area contributed by atoms with E-state index in [-0.39, 0.29) is 18.4 Å². The van der Waals surface area contributed by atoms with E-state index < -0.39 is 41.8 Å². The van der Waals surface area contributed by atoms with Crippen molar-refractivity contribution in [3.8, 4) is 0 Å². The van der Waals surface area contributed by atoms with Gasteiger partial charge in [0.2, 0.25) is 17.7 Å². The molecule has 9 heteroatoms. The second kappa shape index (κ2) is 9.51. The van der Waals surface area contributed by atoms with Crippen LogP contribution in [0.15, 0.2) is 0 Å². The molecule has 0 aromatic rings. The molecule has 1 fully saturated rings. The van der Waals surface area contributed by atoms with Gasteiger partial charge in [-0.15, -0.1) is 0 Å². The number of carboxylic acids is 1. The lowest BCUT2D eigenvalue weighted by Crippen LogP contribution is -2.58. The third kappa shape index (κ3) is 5.42. The van der Waals surface area contributed by atoms with Gasteiger partial charge in [0, 0.05) is 6.54 Å². The van der Waals surface area contributed by atoms with Crippen LogP contribution >= 0.6 is 0 Å². The minimum atomic E-state index is -1.04. The first kappa shape index (κ1) is 21.9. The van der Waals surface area contributed by atoms with Gasteiger partial charge >= 0.3 is 5.97 Å². The first-order valence-electron chi connectivity index (χ1n) is 8.93. The van der Waals surface area contributed by atoms with Crippen LogP contribution in [0.1, 0.15) is 40.5 Å². The van der Waals surface area contributed by atoms with E-state index in [0.29, 0.717) is 19.4 Å². The van der Waals surface area contributed by atoms with Crippen LogP contribution in [0, 0.1) is 11.8 Å². The van der Waals surface area contributed by atoms with Crippen LogP contribution in [0.2, 0.25) is 0 Å². The first-order valence-corrected chi connectivity index (χ1v) is 8.93. The van der Waals surface area contributed by atoms with E-state index in [1.54, 1.807) is 27.7 Å². The molecule has 9 nitrogen and oxygen atoms in total. The molecule has 0 aromatic carbocycles. The molecule has 0 saturated carbocycles. The SMILES string of the molecule is CC(C)C(NC(=O)CN)C(=O)NC(C(=O)N1CCCC1C(=O)O)C(C)C. The van der Waals surface area contributed by atoms with Gasteiger partial charge in [-0.1, -0.05) is 27.7 Å². The minimum Gasteiger partial charge on any atom is -0.480 e. The molecule has 0 bridgehead atoms. The zero-order valence-electron chi connectivity index (χ0n) is 15.8. The molecule has 3 unspecified atom stereocenters. The summed E-state index contributed by atoms with van der Waals surface area (Å²) in [6.45, 7) is 7.21. The molecule has 1 heterocycles. The lowest BCUT2D eigenvalue weighted by Gasteiger charge is -2.31. The predicted molar refractivity (Wildman–Crippen MR) is 95.0 cm³/mol. The highest BCUT2D eigenvalue weighted by Crippen LogP contribution is 2.20. The molecule has 3 atom stereocenters. The van der Waals surface area contributed by atoms with Crippen molar-refractivity contribution < 1.29 is 24.3 Å². The Labute approximate surface area is 153 Å². The summed E-state index contributed by atoms with van der Waals surface area (Å²) in [7, 11) is 0. The molecule has 1 aliphatic rings. The molecule has 3 amide bonds. The van der Waals surface area contributed by atoms with Crippen molar-refractivity contribution in [3.63, 3.8) is 0 Å². The Hall–Kier alpha value is -2.16. The highest BCUT2D eigenvalue weighted by atomic mass is 16.4.